The lowest BCUT2D eigenvalue weighted by Gasteiger charge is -2.30. The van der Waals surface area contributed by atoms with Crippen molar-refractivity contribution in [2.45, 2.75) is 32.9 Å². The minimum absolute atomic E-state index is 0.163. The van der Waals surface area contributed by atoms with Gasteiger partial charge < -0.3 is 14.4 Å². The maximum Gasteiger partial charge on any atom is 0.290 e. The summed E-state index contributed by atoms with van der Waals surface area (Å²) in [6.45, 7) is 6.79. The highest BCUT2D eigenvalue weighted by molar-refractivity contribution is 5.32. The lowest BCUT2D eigenvalue weighted by molar-refractivity contribution is -0.122. The smallest absolute Gasteiger partial charge is 0.290 e. The van der Waals surface area contributed by atoms with Crippen molar-refractivity contribution in [2.24, 2.45) is 13.0 Å². The number of aromatic nitrogens is 6. The topological polar surface area (TPSA) is 132 Å². The number of nitrogens with zero attached hydrogens (tertiary/aromatic N) is 7. The Morgan fingerprint density at radius 2 is 2.20 bits per heavy atom. The molecule has 0 bridgehead atoms. The third-order valence-corrected chi connectivity index (χ3v) is 3.42. The molecule has 0 spiro atoms. The summed E-state index contributed by atoms with van der Waals surface area (Å²) in [7, 11) is 1.74. The quantitative estimate of drug-likeness (QED) is 0.736. The molecular weight excluding hydrogens is 330 g/mol. The third-order valence-electron chi connectivity index (χ3n) is 3.42. The van der Waals surface area contributed by atoms with Gasteiger partial charge in [0.25, 0.3) is 6.47 Å². The van der Waals surface area contributed by atoms with Crippen LogP contribution >= 0.6 is 0 Å². The van der Waals surface area contributed by atoms with E-state index in [1.54, 1.807) is 7.05 Å². The highest BCUT2D eigenvalue weighted by Crippen LogP contribution is 2.19. The van der Waals surface area contributed by atoms with E-state index in [0.29, 0.717) is 43.2 Å². The van der Waals surface area contributed by atoms with Crippen LogP contribution in [0.1, 0.15) is 37.5 Å². The molecule has 3 heterocycles. The average molecular weight is 353 g/mol. The number of hydrogen-bond acceptors (Lipinski definition) is 9. The summed E-state index contributed by atoms with van der Waals surface area (Å²) >= 11 is 0. The molecule has 11 nitrogen and oxygen atoms in total. The number of aryl methyl sites for hydroxylation is 1. The summed E-state index contributed by atoms with van der Waals surface area (Å²) in [6, 6.07) is 0. The Morgan fingerprint density at radius 3 is 2.84 bits per heavy atom. The average Bonchev–Trinajstić information content (AvgIpc) is 3.17. The van der Waals surface area contributed by atoms with Crippen LogP contribution in [-0.2, 0) is 29.5 Å². The molecule has 1 N–H and O–H groups in total. The monoisotopic (exact) mass is 353 g/mol. The normalized spacial score (nSPS) is 18.0. The van der Waals surface area contributed by atoms with Gasteiger partial charge in [-0.05, 0) is 11.1 Å². The van der Waals surface area contributed by atoms with Gasteiger partial charge in [-0.15, -0.1) is 10.2 Å². The second kappa shape index (κ2) is 9.18. The molecule has 3 rings (SSSR count). The highest BCUT2D eigenvalue weighted by atomic mass is 16.5. The lowest BCUT2D eigenvalue weighted by Crippen LogP contribution is -2.38. The molecule has 138 valence electrons. The Labute approximate surface area is 145 Å². The van der Waals surface area contributed by atoms with E-state index in [4.69, 9.17) is 19.2 Å². The van der Waals surface area contributed by atoms with Gasteiger partial charge in [-0.2, -0.15) is 9.78 Å². The first kappa shape index (κ1) is 18.9. The maximum absolute atomic E-state index is 8.36. The molecule has 1 atom stereocenters. The van der Waals surface area contributed by atoms with E-state index in [-0.39, 0.29) is 12.6 Å². The van der Waals surface area contributed by atoms with E-state index in [9.17, 15) is 0 Å². The van der Waals surface area contributed by atoms with Crippen molar-refractivity contribution in [1.82, 2.24) is 35.2 Å². The first-order valence-corrected chi connectivity index (χ1v) is 7.99. The van der Waals surface area contributed by atoms with E-state index in [2.05, 4.69) is 44.3 Å². The van der Waals surface area contributed by atoms with Crippen LogP contribution in [-0.4, -0.2) is 66.5 Å². The molecule has 0 aliphatic carbocycles. The molecule has 1 fully saturated rings. The number of ether oxygens (including phenoxy) is 1. The Bertz CT molecular complexity index is 657. The number of morpholine rings is 1. The number of carbonyl (C=O) groups is 1. The van der Waals surface area contributed by atoms with Gasteiger partial charge in [0, 0.05) is 19.5 Å². The fourth-order valence-corrected chi connectivity index (χ4v) is 2.42. The molecule has 2 aromatic rings. The van der Waals surface area contributed by atoms with Crippen molar-refractivity contribution in [3.63, 3.8) is 0 Å². The Hall–Kier alpha value is -2.40. The molecule has 11 heteroatoms. The van der Waals surface area contributed by atoms with Crippen molar-refractivity contribution in [1.29, 1.82) is 0 Å². The second-order valence-electron chi connectivity index (χ2n) is 6.04. The summed E-state index contributed by atoms with van der Waals surface area (Å²) in [5.74, 6) is 2.53. The molecule has 0 aromatic carbocycles. The van der Waals surface area contributed by atoms with Gasteiger partial charge in [-0.3, -0.25) is 9.69 Å². The van der Waals surface area contributed by atoms with Gasteiger partial charge in [0.2, 0.25) is 11.7 Å². The summed E-state index contributed by atoms with van der Waals surface area (Å²) in [5.41, 5.74) is 0. The summed E-state index contributed by atoms with van der Waals surface area (Å²) in [4.78, 5) is 16.5. The molecule has 1 saturated heterocycles. The van der Waals surface area contributed by atoms with Crippen LogP contribution in [0.4, 0.5) is 0 Å². The first-order valence-electron chi connectivity index (χ1n) is 7.99. The van der Waals surface area contributed by atoms with E-state index in [1.165, 1.54) is 4.80 Å². The summed E-state index contributed by atoms with van der Waals surface area (Å²) < 4.78 is 11.0. The van der Waals surface area contributed by atoms with Crippen molar-refractivity contribution in [3.05, 3.63) is 17.5 Å². The largest absolute Gasteiger partial charge is 0.483 e. The Kier molecular flexibility index (Phi) is 6.95. The lowest BCUT2D eigenvalue weighted by atomic mass is 10.1. The van der Waals surface area contributed by atoms with Crippen LogP contribution in [0.25, 0.3) is 0 Å². The minimum Gasteiger partial charge on any atom is -0.483 e. The summed E-state index contributed by atoms with van der Waals surface area (Å²) in [5, 5.41) is 23.0. The Balaban J connectivity index is 0.000000701. The van der Waals surface area contributed by atoms with Crippen LogP contribution in [0.2, 0.25) is 0 Å². The van der Waals surface area contributed by atoms with Crippen LogP contribution in [0.3, 0.4) is 0 Å². The second-order valence-corrected chi connectivity index (χ2v) is 6.04. The van der Waals surface area contributed by atoms with E-state index in [1.807, 2.05) is 0 Å². The molecule has 0 radical (unpaired) electrons. The van der Waals surface area contributed by atoms with Gasteiger partial charge in [0.1, 0.15) is 6.10 Å². The SMILES string of the molecule is CC(C)Cc1nc(CN2CCOC(c3nnn(C)n3)C2)no1.O=CO. The van der Waals surface area contributed by atoms with E-state index >= 15 is 0 Å². The van der Waals surface area contributed by atoms with Crippen molar-refractivity contribution in [2.75, 3.05) is 19.7 Å². The Morgan fingerprint density at radius 1 is 1.44 bits per heavy atom. The third kappa shape index (κ3) is 5.87. The highest BCUT2D eigenvalue weighted by Gasteiger charge is 2.26. The van der Waals surface area contributed by atoms with Crippen LogP contribution in [0.15, 0.2) is 4.52 Å². The summed E-state index contributed by atoms with van der Waals surface area (Å²) in [6.07, 6.45) is 0.645. The van der Waals surface area contributed by atoms with Crippen molar-refractivity contribution in [3.8, 4) is 0 Å². The molecular formula is C14H23N7O4. The molecule has 1 aliphatic rings. The van der Waals surface area contributed by atoms with E-state index in [0.717, 1.165) is 13.0 Å². The van der Waals surface area contributed by atoms with Gasteiger partial charge in [0.05, 0.1) is 20.2 Å². The number of tetrazole rings is 1. The number of carboxylic acid groups (broad SMARTS) is 1. The fourth-order valence-electron chi connectivity index (χ4n) is 2.42. The van der Waals surface area contributed by atoms with Crippen LogP contribution in [0, 0.1) is 5.92 Å². The molecule has 2 aromatic heterocycles. The molecule has 0 saturated carbocycles. The zero-order valence-electron chi connectivity index (χ0n) is 14.6. The van der Waals surface area contributed by atoms with Crippen LogP contribution < -0.4 is 0 Å². The number of hydrogen-bond donors (Lipinski definition) is 1. The van der Waals surface area contributed by atoms with Gasteiger partial charge in [-0.1, -0.05) is 19.0 Å². The van der Waals surface area contributed by atoms with Gasteiger partial charge in [-0.25, -0.2) is 0 Å². The molecule has 25 heavy (non-hydrogen) atoms. The zero-order valence-corrected chi connectivity index (χ0v) is 14.6. The standard InChI is InChI=1S/C13H21N7O2.CH2O2/c1-9(2)6-12-14-11(17-22-12)8-20-4-5-21-10(7-20)13-15-18-19(3)16-13;2-1-3/h9-10H,4-8H2,1-3H3;1H,(H,2,3). The zero-order chi connectivity index (χ0) is 18.2. The molecule has 1 aliphatic heterocycles. The molecule has 0 amide bonds. The van der Waals surface area contributed by atoms with Crippen molar-refractivity contribution < 1.29 is 19.2 Å². The minimum atomic E-state index is -0.250. The number of rotatable bonds is 5. The van der Waals surface area contributed by atoms with Gasteiger partial charge >= 0.3 is 0 Å². The fraction of sp³-hybridized carbons (Fsp3) is 0.714. The van der Waals surface area contributed by atoms with Crippen molar-refractivity contribution >= 4 is 6.47 Å². The first-order chi connectivity index (χ1) is 12.0. The van der Waals surface area contributed by atoms with Crippen LogP contribution in [0.5, 0.6) is 0 Å². The molecule has 1 unspecified atom stereocenters. The predicted molar refractivity (Wildman–Crippen MR) is 84.3 cm³/mol. The predicted octanol–water partition coefficient (Wildman–Crippen LogP) is 0.0659. The van der Waals surface area contributed by atoms with E-state index < -0.39 is 0 Å². The van der Waals surface area contributed by atoms with Gasteiger partial charge in [0.15, 0.2) is 5.82 Å². The maximum atomic E-state index is 8.36.